The maximum absolute atomic E-state index is 11.7. The standard InChI is InChI=1S/C15H20N2O2/c1-10-8-16-13(9-19-10)11-3-5-14-12(7-11)4-6-15(18)17(14)2/h3,5,7,10,13,16H,4,6,8-9H2,1-2H3. The number of carbonyl (C=O) groups is 1. The summed E-state index contributed by atoms with van der Waals surface area (Å²) in [6, 6.07) is 6.64. The van der Waals surface area contributed by atoms with Crippen LogP contribution in [-0.2, 0) is 16.0 Å². The molecule has 0 bridgehead atoms. The highest BCUT2D eigenvalue weighted by molar-refractivity contribution is 5.95. The molecule has 4 nitrogen and oxygen atoms in total. The Bertz CT molecular complexity index is 493. The SMILES string of the molecule is CC1CNC(c2ccc3c(c2)CCC(=O)N3C)CO1. The van der Waals surface area contributed by atoms with Crippen molar-refractivity contribution in [1.82, 2.24) is 5.32 Å². The number of benzene rings is 1. The number of ether oxygens (including phenoxy) is 1. The number of nitrogens with zero attached hydrogens (tertiary/aromatic N) is 1. The molecule has 2 aliphatic heterocycles. The molecule has 1 fully saturated rings. The molecule has 0 saturated carbocycles. The Balaban J connectivity index is 1.84. The first-order valence-electron chi connectivity index (χ1n) is 6.89. The van der Waals surface area contributed by atoms with Crippen molar-refractivity contribution in [3.8, 4) is 0 Å². The zero-order valence-electron chi connectivity index (χ0n) is 11.5. The number of amides is 1. The number of rotatable bonds is 1. The Hall–Kier alpha value is -1.39. The zero-order chi connectivity index (χ0) is 13.4. The summed E-state index contributed by atoms with van der Waals surface area (Å²) in [7, 11) is 1.85. The van der Waals surface area contributed by atoms with Gasteiger partial charge < -0.3 is 15.0 Å². The van der Waals surface area contributed by atoms with E-state index < -0.39 is 0 Å². The van der Waals surface area contributed by atoms with Crippen LogP contribution < -0.4 is 10.2 Å². The number of nitrogens with one attached hydrogen (secondary N) is 1. The molecule has 102 valence electrons. The minimum atomic E-state index is 0.202. The second kappa shape index (κ2) is 4.94. The Morgan fingerprint density at radius 1 is 1.37 bits per heavy atom. The third-order valence-corrected chi connectivity index (χ3v) is 4.05. The van der Waals surface area contributed by atoms with E-state index in [2.05, 4.69) is 30.4 Å². The molecule has 1 aromatic carbocycles. The second-order valence-electron chi connectivity index (χ2n) is 5.45. The number of hydrogen-bond donors (Lipinski definition) is 1. The van der Waals surface area contributed by atoms with Crippen molar-refractivity contribution in [3.05, 3.63) is 29.3 Å². The number of hydrogen-bond acceptors (Lipinski definition) is 3. The molecule has 1 amide bonds. The highest BCUT2D eigenvalue weighted by atomic mass is 16.5. The first kappa shape index (κ1) is 12.6. The van der Waals surface area contributed by atoms with E-state index in [4.69, 9.17) is 4.74 Å². The van der Waals surface area contributed by atoms with E-state index >= 15 is 0 Å². The molecule has 2 aliphatic rings. The first-order chi connectivity index (χ1) is 9.15. The molecule has 0 aliphatic carbocycles. The van der Waals surface area contributed by atoms with Gasteiger partial charge in [0.05, 0.1) is 18.8 Å². The Morgan fingerprint density at radius 3 is 2.95 bits per heavy atom. The van der Waals surface area contributed by atoms with Gasteiger partial charge in [-0.25, -0.2) is 0 Å². The molecule has 19 heavy (non-hydrogen) atoms. The fourth-order valence-electron chi connectivity index (χ4n) is 2.79. The predicted octanol–water partition coefficient (Wildman–Crippen LogP) is 1.65. The molecule has 0 spiro atoms. The summed E-state index contributed by atoms with van der Waals surface area (Å²) in [5.74, 6) is 0.202. The predicted molar refractivity (Wildman–Crippen MR) is 74.3 cm³/mol. The van der Waals surface area contributed by atoms with Crippen molar-refractivity contribution >= 4 is 11.6 Å². The van der Waals surface area contributed by atoms with E-state index in [1.807, 2.05) is 7.05 Å². The maximum atomic E-state index is 11.7. The third kappa shape index (κ3) is 2.38. The van der Waals surface area contributed by atoms with Gasteiger partial charge in [-0.3, -0.25) is 4.79 Å². The van der Waals surface area contributed by atoms with Gasteiger partial charge in [-0.1, -0.05) is 12.1 Å². The van der Waals surface area contributed by atoms with Gasteiger partial charge >= 0.3 is 0 Å². The fraction of sp³-hybridized carbons (Fsp3) is 0.533. The lowest BCUT2D eigenvalue weighted by molar-refractivity contribution is -0.118. The largest absolute Gasteiger partial charge is 0.375 e. The fourth-order valence-corrected chi connectivity index (χ4v) is 2.79. The highest BCUT2D eigenvalue weighted by Gasteiger charge is 2.24. The minimum absolute atomic E-state index is 0.202. The maximum Gasteiger partial charge on any atom is 0.227 e. The Kier molecular flexibility index (Phi) is 3.29. The van der Waals surface area contributed by atoms with Gasteiger partial charge in [0.25, 0.3) is 0 Å². The van der Waals surface area contributed by atoms with Crippen LogP contribution in [0.5, 0.6) is 0 Å². The average Bonchev–Trinajstić information content (AvgIpc) is 2.43. The summed E-state index contributed by atoms with van der Waals surface area (Å²) in [6.45, 7) is 3.69. The van der Waals surface area contributed by atoms with Crippen LogP contribution in [0, 0.1) is 0 Å². The van der Waals surface area contributed by atoms with Crippen molar-refractivity contribution in [1.29, 1.82) is 0 Å². The number of aryl methyl sites for hydroxylation is 1. The van der Waals surface area contributed by atoms with E-state index in [0.717, 1.165) is 18.7 Å². The lowest BCUT2D eigenvalue weighted by Gasteiger charge is -2.31. The first-order valence-corrected chi connectivity index (χ1v) is 6.89. The van der Waals surface area contributed by atoms with Crippen molar-refractivity contribution in [2.45, 2.75) is 31.9 Å². The summed E-state index contributed by atoms with van der Waals surface area (Å²) >= 11 is 0. The van der Waals surface area contributed by atoms with Crippen LogP contribution in [-0.4, -0.2) is 32.2 Å². The van der Waals surface area contributed by atoms with Gasteiger partial charge in [-0.15, -0.1) is 0 Å². The topological polar surface area (TPSA) is 41.6 Å². The molecular formula is C15H20N2O2. The van der Waals surface area contributed by atoms with Crippen molar-refractivity contribution < 1.29 is 9.53 Å². The quantitative estimate of drug-likeness (QED) is 0.834. The van der Waals surface area contributed by atoms with Crippen LogP contribution in [0.2, 0.25) is 0 Å². The van der Waals surface area contributed by atoms with Gasteiger partial charge in [0.2, 0.25) is 5.91 Å². The Morgan fingerprint density at radius 2 is 2.21 bits per heavy atom. The molecule has 4 heteroatoms. The van der Waals surface area contributed by atoms with E-state index in [1.54, 1.807) is 4.90 Å². The minimum Gasteiger partial charge on any atom is -0.375 e. The smallest absolute Gasteiger partial charge is 0.227 e. The summed E-state index contributed by atoms with van der Waals surface area (Å²) in [4.78, 5) is 13.4. The number of fused-ring (bicyclic) bond motifs is 1. The summed E-state index contributed by atoms with van der Waals surface area (Å²) in [5.41, 5.74) is 3.57. The highest BCUT2D eigenvalue weighted by Crippen LogP contribution is 2.30. The molecule has 2 unspecified atom stereocenters. The van der Waals surface area contributed by atoms with Gasteiger partial charge in [0.1, 0.15) is 0 Å². The van der Waals surface area contributed by atoms with Gasteiger partial charge in [0, 0.05) is 25.7 Å². The number of carbonyl (C=O) groups excluding carboxylic acids is 1. The van der Waals surface area contributed by atoms with Crippen molar-refractivity contribution in [2.24, 2.45) is 0 Å². The molecule has 1 N–H and O–H groups in total. The molecule has 1 aromatic rings. The number of morpholine rings is 1. The van der Waals surface area contributed by atoms with Crippen molar-refractivity contribution in [3.63, 3.8) is 0 Å². The van der Waals surface area contributed by atoms with E-state index in [9.17, 15) is 4.79 Å². The van der Waals surface area contributed by atoms with Crippen LogP contribution in [0.4, 0.5) is 5.69 Å². The monoisotopic (exact) mass is 260 g/mol. The summed E-state index contributed by atoms with van der Waals surface area (Å²) in [6.07, 6.45) is 1.74. The van der Waals surface area contributed by atoms with Gasteiger partial charge in [0.15, 0.2) is 0 Å². The second-order valence-corrected chi connectivity index (χ2v) is 5.45. The van der Waals surface area contributed by atoms with Crippen LogP contribution in [0.15, 0.2) is 18.2 Å². The van der Waals surface area contributed by atoms with Crippen LogP contribution in [0.3, 0.4) is 0 Å². The number of anilines is 1. The zero-order valence-corrected chi connectivity index (χ0v) is 11.5. The van der Waals surface area contributed by atoms with Crippen LogP contribution in [0.1, 0.15) is 30.5 Å². The molecular weight excluding hydrogens is 240 g/mol. The lowest BCUT2D eigenvalue weighted by Crippen LogP contribution is -2.39. The van der Waals surface area contributed by atoms with E-state index in [-0.39, 0.29) is 18.1 Å². The summed E-state index contributed by atoms with van der Waals surface area (Å²) in [5, 5.41) is 3.51. The molecule has 3 rings (SSSR count). The van der Waals surface area contributed by atoms with E-state index in [1.165, 1.54) is 11.1 Å². The summed E-state index contributed by atoms with van der Waals surface area (Å²) < 4.78 is 5.70. The van der Waals surface area contributed by atoms with Crippen molar-refractivity contribution in [2.75, 3.05) is 25.1 Å². The normalized spacial score (nSPS) is 27.3. The van der Waals surface area contributed by atoms with Crippen LogP contribution in [0.25, 0.3) is 0 Å². The lowest BCUT2D eigenvalue weighted by atomic mass is 9.96. The molecule has 0 aromatic heterocycles. The van der Waals surface area contributed by atoms with Gasteiger partial charge in [-0.05, 0) is 30.5 Å². The molecule has 1 saturated heterocycles. The molecule has 0 radical (unpaired) electrons. The third-order valence-electron chi connectivity index (χ3n) is 4.05. The van der Waals surface area contributed by atoms with Crippen LogP contribution >= 0.6 is 0 Å². The average molecular weight is 260 g/mol. The Labute approximate surface area is 113 Å². The molecule has 2 heterocycles. The van der Waals surface area contributed by atoms with Gasteiger partial charge in [-0.2, -0.15) is 0 Å². The van der Waals surface area contributed by atoms with E-state index in [0.29, 0.717) is 13.0 Å². The molecule has 2 atom stereocenters.